The summed E-state index contributed by atoms with van der Waals surface area (Å²) in [5.41, 5.74) is 6.53. The van der Waals surface area contributed by atoms with Crippen LogP contribution < -0.4 is 10.6 Å². The Kier molecular flexibility index (Phi) is 5.57. The molecular formula is C27H27N3O2. The van der Waals surface area contributed by atoms with Crippen LogP contribution in [0.25, 0.3) is 28.1 Å². The number of aryl methyl sites for hydroxylation is 1. The van der Waals surface area contributed by atoms with E-state index in [0.717, 1.165) is 33.3 Å². The lowest BCUT2D eigenvalue weighted by molar-refractivity contribution is 0.242. The monoisotopic (exact) mass is 425 g/mol. The largest absolute Gasteiger partial charge is 0.436 e. The van der Waals surface area contributed by atoms with Crippen molar-refractivity contribution < 1.29 is 9.21 Å². The van der Waals surface area contributed by atoms with Crippen LogP contribution in [0.3, 0.4) is 0 Å². The number of carbonyl (C=O) groups is 1. The van der Waals surface area contributed by atoms with Gasteiger partial charge in [-0.2, -0.15) is 0 Å². The van der Waals surface area contributed by atoms with Crippen LogP contribution in [0.15, 0.2) is 77.7 Å². The highest BCUT2D eigenvalue weighted by atomic mass is 16.3. The smallest absolute Gasteiger partial charge is 0.319 e. The number of urea groups is 1. The molecule has 1 aromatic heterocycles. The summed E-state index contributed by atoms with van der Waals surface area (Å²) in [7, 11) is 0. The van der Waals surface area contributed by atoms with Crippen molar-refractivity contribution in [2.45, 2.75) is 33.2 Å². The summed E-state index contributed by atoms with van der Waals surface area (Å²) in [6, 6.07) is 21.2. The highest BCUT2D eigenvalue weighted by Crippen LogP contribution is 2.27. The molecule has 32 heavy (non-hydrogen) atoms. The lowest BCUT2D eigenvalue weighted by Gasteiger charge is -2.27. The van der Waals surface area contributed by atoms with E-state index in [1.807, 2.05) is 82.3 Å². The number of allylic oxidation sites excluding steroid dienone is 1. The molecule has 0 aliphatic heterocycles. The second-order valence-corrected chi connectivity index (χ2v) is 8.64. The molecule has 0 aliphatic carbocycles. The van der Waals surface area contributed by atoms with Crippen LogP contribution in [0.1, 0.15) is 37.5 Å². The van der Waals surface area contributed by atoms with Gasteiger partial charge in [0.25, 0.3) is 0 Å². The van der Waals surface area contributed by atoms with E-state index in [2.05, 4.69) is 28.3 Å². The molecule has 2 amide bonds. The Morgan fingerprint density at radius 2 is 1.81 bits per heavy atom. The standard InChI is InChI=1S/C27H27N3O2/c1-17(2)19-9-7-11-21(15-19)27(4,5)30-26(31)28-22-12-13-23-24(16-22)32-25(29-23)20-10-6-8-18(3)14-20/h6-16H,1H2,2-5H3,(H2,28,30,31). The number of hydrogen-bond donors (Lipinski definition) is 2. The number of nitrogens with one attached hydrogen (secondary N) is 2. The molecule has 0 unspecified atom stereocenters. The van der Waals surface area contributed by atoms with Gasteiger partial charge in [0, 0.05) is 17.3 Å². The maximum absolute atomic E-state index is 12.7. The van der Waals surface area contributed by atoms with E-state index in [1.54, 1.807) is 6.07 Å². The summed E-state index contributed by atoms with van der Waals surface area (Å²) in [6.07, 6.45) is 0. The van der Waals surface area contributed by atoms with Gasteiger partial charge in [-0.3, -0.25) is 0 Å². The zero-order valence-electron chi connectivity index (χ0n) is 18.8. The fourth-order valence-corrected chi connectivity index (χ4v) is 3.60. The van der Waals surface area contributed by atoms with Gasteiger partial charge in [-0.1, -0.05) is 48.0 Å². The fourth-order valence-electron chi connectivity index (χ4n) is 3.60. The van der Waals surface area contributed by atoms with Gasteiger partial charge < -0.3 is 15.1 Å². The number of fused-ring (bicyclic) bond motifs is 1. The number of carbonyl (C=O) groups excluding carboxylic acids is 1. The third-order valence-electron chi connectivity index (χ3n) is 5.41. The number of nitrogens with zero attached hydrogens (tertiary/aromatic N) is 1. The van der Waals surface area contributed by atoms with Crippen LogP contribution in [0.5, 0.6) is 0 Å². The highest BCUT2D eigenvalue weighted by Gasteiger charge is 2.23. The quantitative estimate of drug-likeness (QED) is 0.366. The summed E-state index contributed by atoms with van der Waals surface area (Å²) in [4.78, 5) is 17.3. The maximum atomic E-state index is 12.7. The zero-order chi connectivity index (χ0) is 22.9. The van der Waals surface area contributed by atoms with E-state index in [9.17, 15) is 4.79 Å². The molecule has 2 N–H and O–H groups in total. The molecule has 0 saturated heterocycles. The number of aromatic nitrogens is 1. The minimum atomic E-state index is -0.565. The summed E-state index contributed by atoms with van der Waals surface area (Å²) in [5.74, 6) is 0.559. The molecule has 1 heterocycles. The van der Waals surface area contributed by atoms with Crippen LogP contribution >= 0.6 is 0 Å². The number of hydrogen-bond acceptors (Lipinski definition) is 3. The summed E-state index contributed by atoms with van der Waals surface area (Å²) < 4.78 is 5.95. The molecule has 0 radical (unpaired) electrons. The Labute approximate surface area is 188 Å². The number of rotatable bonds is 5. The van der Waals surface area contributed by atoms with E-state index < -0.39 is 5.54 Å². The first kappa shape index (κ1) is 21.4. The van der Waals surface area contributed by atoms with Crippen molar-refractivity contribution >= 4 is 28.4 Å². The predicted octanol–water partition coefficient (Wildman–Crippen LogP) is 6.89. The summed E-state index contributed by atoms with van der Waals surface area (Å²) in [6.45, 7) is 11.9. The van der Waals surface area contributed by atoms with Crippen LogP contribution in [0.2, 0.25) is 0 Å². The van der Waals surface area contributed by atoms with Crippen molar-refractivity contribution in [3.63, 3.8) is 0 Å². The highest BCUT2D eigenvalue weighted by molar-refractivity contribution is 5.92. The van der Waals surface area contributed by atoms with Crippen molar-refractivity contribution in [3.8, 4) is 11.5 Å². The molecule has 0 spiro atoms. The van der Waals surface area contributed by atoms with Crippen LogP contribution in [0, 0.1) is 6.92 Å². The molecule has 4 aromatic rings. The second kappa shape index (κ2) is 8.35. The van der Waals surface area contributed by atoms with Gasteiger partial charge in [0.1, 0.15) is 5.52 Å². The maximum Gasteiger partial charge on any atom is 0.319 e. The average molecular weight is 426 g/mol. The van der Waals surface area contributed by atoms with E-state index >= 15 is 0 Å². The van der Waals surface area contributed by atoms with Crippen molar-refractivity contribution in [3.05, 3.63) is 90.0 Å². The van der Waals surface area contributed by atoms with E-state index in [-0.39, 0.29) is 6.03 Å². The van der Waals surface area contributed by atoms with Gasteiger partial charge >= 0.3 is 6.03 Å². The van der Waals surface area contributed by atoms with Crippen molar-refractivity contribution in [1.82, 2.24) is 10.3 Å². The Hall–Kier alpha value is -3.86. The molecule has 0 aliphatic rings. The van der Waals surface area contributed by atoms with Crippen molar-refractivity contribution in [2.24, 2.45) is 0 Å². The average Bonchev–Trinajstić information content (AvgIpc) is 3.17. The molecule has 0 atom stereocenters. The Bertz CT molecular complexity index is 1320. The van der Waals surface area contributed by atoms with Gasteiger partial charge in [0.2, 0.25) is 5.89 Å². The fraction of sp³-hybridized carbons (Fsp3) is 0.185. The van der Waals surface area contributed by atoms with E-state index in [1.165, 1.54) is 0 Å². The Balaban J connectivity index is 1.51. The minimum Gasteiger partial charge on any atom is -0.436 e. The summed E-state index contributed by atoms with van der Waals surface area (Å²) >= 11 is 0. The van der Waals surface area contributed by atoms with Crippen LogP contribution in [-0.2, 0) is 5.54 Å². The van der Waals surface area contributed by atoms with Crippen LogP contribution in [-0.4, -0.2) is 11.0 Å². The molecule has 3 aromatic carbocycles. The van der Waals surface area contributed by atoms with Crippen LogP contribution in [0.4, 0.5) is 10.5 Å². The van der Waals surface area contributed by atoms with Gasteiger partial charge in [0.05, 0.1) is 5.54 Å². The van der Waals surface area contributed by atoms with Gasteiger partial charge in [-0.25, -0.2) is 9.78 Å². The Morgan fingerprint density at radius 1 is 1.03 bits per heavy atom. The minimum absolute atomic E-state index is 0.298. The second-order valence-electron chi connectivity index (χ2n) is 8.64. The Morgan fingerprint density at radius 3 is 2.56 bits per heavy atom. The molecule has 0 fully saturated rings. The summed E-state index contributed by atoms with van der Waals surface area (Å²) in [5, 5.41) is 5.95. The number of amides is 2. The number of benzene rings is 3. The SMILES string of the molecule is C=C(C)c1cccc(C(C)(C)NC(=O)Nc2ccc3nc(-c4cccc(C)c4)oc3c2)c1. The lowest BCUT2D eigenvalue weighted by Crippen LogP contribution is -2.43. The van der Waals surface area contributed by atoms with Gasteiger partial charge in [-0.15, -0.1) is 0 Å². The van der Waals surface area contributed by atoms with E-state index in [4.69, 9.17) is 4.42 Å². The molecular weight excluding hydrogens is 398 g/mol. The van der Waals surface area contributed by atoms with Crippen molar-refractivity contribution in [2.75, 3.05) is 5.32 Å². The molecule has 0 bridgehead atoms. The zero-order valence-corrected chi connectivity index (χ0v) is 18.8. The molecule has 4 rings (SSSR count). The molecule has 5 heteroatoms. The lowest BCUT2D eigenvalue weighted by atomic mass is 9.92. The van der Waals surface area contributed by atoms with Crippen molar-refractivity contribution in [1.29, 1.82) is 0 Å². The number of anilines is 1. The normalized spacial score (nSPS) is 11.4. The first-order valence-corrected chi connectivity index (χ1v) is 10.5. The topological polar surface area (TPSA) is 67.2 Å². The molecule has 162 valence electrons. The number of oxazole rings is 1. The van der Waals surface area contributed by atoms with Gasteiger partial charge in [0.15, 0.2) is 5.58 Å². The van der Waals surface area contributed by atoms with E-state index in [0.29, 0.717) is 17.2 Å². The molecule has 5 nitrogen and oxygen atoms in total. The third kappa shape index (κ3) is 4.57. The molecule has 0 saturated carbocycles. The third-order valence-corrected chi connectivity index (χ3v) is 5.41. The first-order chi connectivity index (χ1) is 15.2. The predicted molar refractivity (Wildman–Crippen MR) is 131 cm³/mol. The first-order valence-electron chi connectivity index (χ1n) is 10.5. The van der Waals surface area contributed by atoms with Gasteiger partial charge in [-0.05, 0) is 69.2 Å².